The number of nitrogens with one attached hydrogen (secondary N) is 1. The lowest BCUT2D eigenvalue weighted by Crippen LogP contribution is -2.53. The molecule has 2 aliphatic rings. The molecule has 1 saturated heterocycles. The van der Waals surface area contributed by atoms with Crippen LogP contribution in [-0.2, 0) is 9.59 Å². The van der Waals surface area contributed by atoms with Gasteiger partial charge in [0.25, 0.3) is 5.91 Å². The van der Waals surface area contributed by atoms with Gasteiger partial charge in [-0.3, -0.25) is 14.5 Å². The first-order valence-electron chi connectivity index (χ1n) is 8.64. The van der Waals surface area contributed by atoms with E-state index < -0.39 is 6.10 Å². The van der Waals surface area contributed by atoms with Crippen LogP contribution in [0.3, 0.4) is 0 Å². The molecule has 1 unspecified atom stereocenters. The van der Waals surface area contributed by atoms with Gasteiger partial charge in [-0.25, -0.2) is 0 Å². The molecular formula is C18H25N3O3. The summed E-state index contributed by atoms with van der Waals surface area (Å²) in [6.07, 6.45) is 1.71. The van der Waals surface area contributed by atoms with E-state index >= 15 is 0 Å². The van der Waals surface area contributed by atoms with E-state index in [0.717, 1.165) is 25.9 Å². The summed E-state index contributed by atoms with van der Waals surface area (Å²) in [5.41, 5.74) is 0. The molecule has 24 heavy (non-hydrogen) atoms. The molecule has 0 spiro atoms. The number of carbonyl (C=O) groups excluding carboxylic acids is 2. The molecule has 130 valence electrons. The molecule has 1 aromatic rings. The Labute approximate surface area is 142 Å². The quantitative estimate of drug-likeness (QED) is 0.840. The number of nitrogens with zero attached hydrogens (tertiary/aromatic N) is 2. The lowest BCUT2D eigenvalue weighted by atomic mass is 10.2. The third-order valence-corrected chi connectivity index (χ3v) is 4.40. The van der Waals surface area contributed by atoms with Gasteiger partial charge >= 0.3 is 0 Å². The number of hydrogen-bond acceptors (Lipinski definition) is 4. The topological polar surface area (TPSA) is 61.9 Å². The molecule has 2 amide bonds. The summed E-state index contributed by atoms with van der Waals surface area (Å²) in [5.74, 6) is 0.799. The van der Waals surface area contributed by atoms with E-state index in [1.807, 2.05) is 35.2 Å². The zero-order valence-corrected chi connectivity index (χ0v) is 14.1. The molecule has 6 nitrogen and oxygen atoms in total. The Morgan fingerprint density at radius 2 is 1.83 bits per heavy atom. The fraction of sp³-hybridized carbons (Fsp3) is 0.556. The van der Waals surface area contributed by atoms with E-state index in [4.69, 9.17) is 4.74 Å². The molecule has 1 aliphatic carbocycles. The third kappa shape index (κ3) is 4.71. The number of rotatable bonds is 6. The van der Waals surface area contributed by atoms with Gasteiger partial charge in [0.05, 0.1) is 6.54 Å². The molecule has 1 saturated carbocycles. The van der Waals surface area contributed by atoms with E-state index in [0.29, 0.717) is 31.4 Å². The maximum atomic E-state index is 12.5. The van der Waals surface area contributed by atoms with E-state index in [9.17, 15) is 9.59 Å². The van der Waals surface area contributed by atoms with Crippen molar-refractivity contribution in [1.82, 2.24) is 15.1 Å². The number of para-hydroxylation sites is 1. The summed E-state index contributed by atoms with van der Waals surface area (Å²) in [6.45, 7) is 4.93. The van der Waals surface area contributed by atoms with E-state index in [-0.39, 0.29) is 11.8 Å². The fourth-order valence-electron chi connectivity index (χ4n) is 2.84. The van der Waals surface area contributed by atoms with Gasteiger partial charge in [0.1, 0.15) is 5.75 Å². The first kappa shape index (κ1) is 16.8. The zero-order valence-electron chi connectivity index (χ0n) is 14.1. The van der Waals surface area contributed by atoms with Gasteiger partial charge in [-0.1, -0.05) is 18.2 Å². The van der Waals surface area contributed by atoms with Gasteiger partial charge in [0, 0.05) is 32.2 Å². The summed E-state index contributed by atoms with van der Waals surface area (Å²) in [7, 11) is 0. The van der Waals surface area contributed by atoms with Crippen molar-refractivity contribution in [2.75, 3.05) is 32.7 Å². The van der Waals surface area contributed by atoms with E-state index in [1.165, 1.54) is 0 Å². The third-order valence-electron chi connectivity index (χ3n) is 4.40. The highest BCUT2D eigenvalue weighted by molar-refractivity contribution is 5.81. The largest absolute Gasteiger partial charge is 0.481 e. The molecule has 1 aromatic carbocycles. The minimum atomic E-state index is -0.503. The van der Waals surface area contributed by atoms with Crippen molar-refractivity contribution in [3.05, 3.63) is 30.3 Å². The molecular weight excluding hydrogens is 306 g/mol. The van der Waals surface area contributed by atoms with Gasteiger partial charge in [-0.15, -0.1) is 0 Å². The average Bonchev–Trinajstić information content (AvgIpc) is 3.39. The summed E-state index contributed by atoms with van der Waals surface area (Å²) in [6, 6.07) is 9.78. The molecule has 1 atom stereocenters. The highest BCUT2D eigenvalue weighted by atomic mass is 16.5. The molecule has 1 aliphatic heterocycles. The van der Waals surface area contributed by atoms with Crippen molar-refractivity contribution in [3.63, 3.8) is 0 Å². The highest BCUT2D eigenvalue weighted by Crippen LogP contribution is 2.18. The van der Waals surface area contributed by atoms with Crippen molar-refractivity contribution in [2.45, 2.75) is 31.9 Å². The summed E-state index contributed by atoms with van der Waals surface area (Å²) >= 11 is 0. The van der Waals surface area contributed by atoms with Crippen LogP contribution < -0.4 is 10.1 Å². The first-order chi connectivity index (χ1) is 11.6. The number of benzene rings is 1. The number of carbonyl (C=O) groups is 2. The Balaban J connectivity index is 1.41. The predicted molar refractivity (Wildman–Crippen MR) is 90.7 cm³/mol. The second-order valence-electron chi connectivity index (χ2n) is 6.52. The Morgan fingerprint density at radius 3 is 2.46 bits per heavy atom. The normalized spacial score (nSPS) is 19.6. The Hall–Kier alpha value is -2.08. The monoisotopic (exact) mass is 331 g/mol. The molecule has 3 rings (SSSR count). The van der Waals surface area contributed by atoms with Crippen molar-refractivity contribution in [3.8, 4) is 5.75 Å². The van der Waals surface area contributed by atoms with Crippen molar-refractivity contribution in [1.29, 1.82) is 0 Å². The molecule has 6 heteroatoms. The number of piperazine rings is 1. The maximum absolute atomic E-state index is 12.5. The smallest absolute Gasteiger partial charge is 0.263 e. The van der Waals surface area contributed by atoms with Crippen molar-refractivity contribution < 1.29 is 14.3 Å². The Morgan fingerprint density at radius 1 is 1.17 bits per heavy atom. The van der Waals surface area contributed by atoms with Crippen molar-refractivity contribution >= 4 is 11.8 Å². The van der Waals surface area contributed by atoms with Crippen LogP contribution in [0.2, 0.25) is 0 Å². The molecule has 2 fully saturated rings. The lowest BCUT2D eigenvalue weighted by Gasteiger charge is -2.35. The minimum Gasteiger partial charge on any atom is -0.481 e. The predicted octanol–water partition coefficient (Wildman–Crippen LogP) is 0.877. The first-order valence-corrected chi connectivity index (χ1v) is 8.64. The zero-order chi connectivity index (χ0) is 16.9. The van der Waals surface area contributed by atoms with Gasteiger partial charge in [0.15, 0.2) is 6.10 Å². The fourth-order valence-corrected chi connectivity index (χ4v) is 2.84. The molecule has 1 heterocycles. The summed E-state index contributed by atoms with van der Waals surface area (Å²) < 4.78 is 5.70. The molecule has 0 aromatic heterocycles. The standard InChI is InChI=1S/C18H25N3O3/c1-14(24-16-5-3-2-4-6-16)18(23)21-11-9-20(10-12-21)13-17(22)19-15-7-8-15/h2-6,14-15H,7-13H2,1H3,(H,19,22). The summed E-state index contributed by atoms with van der Waals surface area (Å²) in [5, 5.41) is 3.00. The number of ether oxygens (including phenoxy) is 1. The van der Waals surface area contributed by atoms with Gasteiger partial charge in [-0.05, 0) is 31.9 Å². The molecule has 1 N–H and O–H groups in total. The van der Waals surface area contributed by atoms with Crippen LogP contribution in [0.5, 0.6) is 5.75 Å². The van der Waals surface area contributed by atoms with E-state index in [1.54, 1.807) is 6.92 Å². The van der Waals surface area contributed by atoms with Crippen LogP contribution in [0.4, 0.5) is 0 Å². The number of hydrogen-bond donors (Lipinski definition) is 1. The van der Waals surface area contributed by atoms with Gasteiger partial charge in [0.2, 0.25) is 5.91 Å². The van der Waals surface area contributed by atoms with E-state index in [2.05, 4.69) is 10.2 Å². The van der Waals surface area contributed by atoms with Crippen molar-refractivity contribution in [2.24, 2.45) is 0 Å². The van der Waals surface area contributed by atoms with Crippen LogP contribution >= 0.6 is 0 Å². The van der Waals surface area contributed by atoms with Crippen LogP contribution in [0.25, 0.3) is 0 Å². The Kier molecular flexibility index (Phi) is 5.35. The number of amides is 2. The SMILES string of the molecule is CC(Oc1ccccc1)C(=O)N1CCN(CC(=O)NC2CC2)CC1. The molecule has 0 radical (unpaired) electrons. The Bertz CT molecular complexity index is 566. The second-order valence-corrected chi connectivity index (χ2v) is 6.52. The van der Waals surface area contributed by atoms with Crippen LogP contribution in [-0.4, -0.2) is 66.5 Å². The summed E-state index contributed by atoms with van der Waals surface area (Å²) in [4.78, 5) is 28.2. The van der Waals surface area contributed by atoms with Crippen LogP contribution in [0.15, 0.2) is 30.3 Å². The van der Waals surface area contributed by atoms with Crippen LogP contribution in [0.1, 0.15) is 19.8 Å². The second kappa shape index (κ2) is 7.66. The molecule has 0 bridgehead atoms. The van der Waals surface area contributed by atoms with Gasteiger partial charge < -0.3 is 15.0 Å². The lowest BCUT2D eigenvalue weighted by molar-refractivity contribution is -0.139. The maximum Gasteiger partial charge on any atom is 0.263 e. The van der Waals surface area contributed by atoms with Gasteiger partial charge in [-0.2, -0.15) is 0 Å². The van der Waals surface area contributed by atoms with Crippen LogP contribution in [0, 0.1) is 0 Å². The highest BCUT2D eigenvalue weighted by Gasteiger charge is 2.28. The average molecular weight is 331 g/mol. The minimum absolute atomic E-state index is 0.000866.